The van der Waals surface area contributed by atoms with Gasteiger partial charge in [0.1, 0.15) is 11.4 Å². The number of carbonyl (C=O) groups is 1. The fourth-order valence-corrected chi connectivity index (χ4v) is 1.93. The maximum Gasteiger partial charge on any atom is 0.341 e. The van der Waals surface area contributed by atoms with Crippen molar-refractivity contribution in [1.29, 1.82) is 0 Å². The highest BCUT2D eigenvalue weighted by atomic mass is 16.5. The van der Waals surface area contributed by atoms with E-state index < -0.39 is 0 Å². The van der Waals surface area contributed by atoms with Crippen molar-refractivity contribution in [3.63, 3.8) is 0 Å². The number of nitrogen functional groups attached to an aromatic ring is 1. The number of nitrogens with two attached hydrogens (primary N) is 1. The Morgan fingerprint density at radius 1 is 1.53 bits per heavy atom. The van der Waals surface area contributed by atoms with Crippen LogP contribution >= 0.6 is 0 Å². The molecular formula is C14H23N3O2. The highest BCUT2D eigenvalue weighted by Crippen LogP contribution is 2.22. The SMILES string of the molecule is CCCC(C)N(C)c1ncc(N)cc1C(=O)OCC. The molecule has 0 amide bonds. The van der Waals surface area contributed by atoms with E-state index in [4.69, 9.17) is 10.5 Å². The number of hydrogen-bond acceptors (Lipinski definition) is 5. The molecule has 0 fully saturated rings. The molecule has 0 aliphatic rings. The fourth-order valence-electron chi connectivity index (χ4n) is 1.93. The highest BCUT2D eigenvalue weighted by molar-refractivity contribution is 5.95. The molecule has 1 heterocycles. The van der Waals surface area contributed by atoms with Gasteiger partial charge in [0, 0.05) is 13.1 Å². The van der Waals surface area contributed by atoms with Crippen LogP contribution in [0.2, 0.25) is 0 Å². The zero-order valence-electron chi connectivity index (χ0n) is 12.1. The lowest BCUT2D eigenvalue weighted by molar-refractivity contribution is 0.0526. The molecule has 0 radical (unpaired) electrons. The second-order valence-electron chi connectivity index (χ2n) is 4.61. The van der Waals surface area contributed by atoms with Crippen LogP contribution < -0.4 is 10.6 Å². The van der Waals surface area contributed by atoms with Gasteiger partial charge >= 0.3 is 5.97 Å². The maximum absolute atomic E-state index is 12.0. The number of hydrogen-bond donors (Lipinski definition) is 1. The Labute approximate surface area is 114 Å². The molecule has 19 heavy (non-hydrogen) atoms. The first-order chi connectivity index (χ1) is 9.01. The third kappa shape index (κ3) is 3.84. The Morgan fingerprint density at radius 3 is 2.79 bits per heavy atom. The van der Waals surface area contributed by atoms with Crippen molar-refractivity contribution in [2.45, 2.75) is 39.7 Å². The van der Waals surface area contributed by atoms with Crippen LogP contribution in [0.1, 0.15) is 44.0 Å². The third-order valence-corrected chi connectivity index (χ3v) is 3.08. The van der Waals surface area contributed by atoms with Crippen LogP contribution in [-0.4, -0.2) is 30.6 Å². The lowest BCUT2D eigenvalue weighted by Gasteiger charge is -2.27. The largest absolute Gasteiger partial charge is 0.462 e. The molecule has 5 heteroatoms. The van der Waals surface area contributed by atoms with E-state index in [1.54, 1.807) is 19.2 Å². The number of nitrogens with zero attached hydrogens (tertiary/aromatic N) is 2. The summed E-state index contributed by atoms with van der Waals surface area (Å²) in [5.74, 6) is 0.237. The van der Waals surface area contributed by atoms with Crippen molar-refractivity contribution < 1.29 is 9.53 Å². The molecule has 5 nitrogen and oxygen atoms in total. The zero-order chi connectivity index (χ0) is 14.4. The predicted octanol–water partition coefficient (Wildman–Crippen LogP) is 2.47. The molecule has 2 N–H and O–H groups in total. The topological polar surface area (TPSA) is 68.5 Å². The average Bonchev–Trinajstić information content (AvgIpc) is 2.38. The summed E-state index contributed by atoms with van der Waals surface area (Å²) >= 11 is 0. The molecule has 0 bridgehead atoms. The van der Waals surface area contributed by atoms with Crippen molar-refractivity contribution in [3.05, 3.63) is 17.8 Å². The molecule has 1 unspecified atom stereocenters. The quantitative estimate of drug-likeness (QED) is 0.800. The molecule has 1 aromatic heterocycles. The summed E-state index contributed by atoms with van der Waals surface area (Å²) in [6.07, 6.45) is 3.67. The zero-order valence-corrected chi connectivity index (χ0v) is 12.1. The molecule has 0 saturated carbocycles. The number of anilines is 2. The molecule has 106 valence electrons. The van der Waals surface area contributed by atoms with Crippen molar-refractivity contribution >= 4 is 17.5 Å². The van der Waals surface area contributed by atoms with Crippen LogP contribution in [0.3, 0.4) is 0 Å². The molecule has 0 aliphatic heterocycles. The summed E-state index contributed by atoms with van der Waals surface area (Å²) < 4.78 is 5.05. The first-order valence-electron chi connectivity index (χ1n) is 6.66. The number of ether oxygens (including phenoxy) is 1. The molecule has 0 saturated heterocycles. The van der Waals surface area contributed by atoms with Crippen molar-refractivity contribution in [3.8, 4) is 0 Å². The van der Waals surface area contributed by atoms with Crippen LogP contribution in [0.5, 0.6) is 0 Å². The lowest BCUT2D eigenvalue weighted by Crippen LogP contribution is -2.31. The Hall–Kier alpha value is -1.78. The number of carbonyl (C=O) groups excluding carboxylic acids is 1. The van der Waals surface area contributed by atoms with Crippen molar-refractivity contribution in [2.75, 3.05) is 24.3 Å². The summed E-state index contributed by atoms with van der Waals surface area (Å²) in [7, 11) is 1.93. The number of pyridine rings is 1. The Morgan fingerprint density at radius 2 is 2.21 bits per heavy atom. The molecule has 0 aromatic carbocycles. The normalized spacial score (nSPS) is 12.0. The second-order valence-corrected chi connectivity index (χ2v) is 4.61. The van der Waals surface area contributed by atoms with Crippen LogP contribution in [-0.2, 0) is 4.74 Å². The van der Waals surface area contributed by atoms with Gasteiger partial charge in [0.05, 0.1) is 18.5 Å². The van der Waals surface area contributed by atoms with Crippen molar-refractivity contribution in [1.82, 2.24) is 4.98 Å². The first kappa shape index (κ1) is 15.3. The average molecular weight is 265 g/mol. The van der Waals surface area contributed by atoms with Gasteiger partial charge in [-0.25, -0.2) is 9.78 Å². The van der Waals surface area contributed by atoms with Crippen LogP contribution in [0, 0.1) is 0 Å². The number of esters is 1. The van der Waals surface area contributed by atoms with E-state index in [-0.39, 0.29) is 5.97 Å². The van der Waals surface area contributed by atoms with E-state index in [1.165, 1.54) is 0 Å². The van der Waals surface area contributed by atoms with E-state index in [2.05, 4.69) is 18.8 Å². The standard InChI is InChI=1S/C14H23N3O2/c1-5-7-10(3)17(4)13-12(14(18)19-6-2)8-11(15)9-16-13/h8-10H,5-7,15H2,1-4H3. The van der Waals surface area contributed by atoms with E-state index in [9.17, 15) is 4.79 Å². The third-order valence-electron chi connectivity index (χ3n) is 3.08. The molecule has 1 atom stereocenters. The summed E-state index contributed by atoms with van der Waals surface area (Å²) in [6, 6.07) is 1.92. The minimum atomic E-state index is -0.382. The summed E-state index contributed by atoms with van der Waals surface area (Å²) in [5, 5.41) is 0. The predicted molar refractivity (Wildman–Crippen MR) is 77.4 cm³/mol. The van der Waals surface area contributed by atoms with Gasteiger partial charge in [0.25, 0.3) is 0 Å². The van der Waals surface area contributed by atoms with Crippen LogP contribution in [0.4, 0.5) is 11.5 Å². The maximum atomic E-state index is 12.0. The van der Waals surface area contributed by atoms with E-state index >= 15 is 0 Å². The molecule has 1 aromatic rings. The monoisotopic (exact) mass is 265 g/mol. The molecule has 0 spiro atoms. The fraction of sp³-hybridized carbons (Fsp3) is 0.571. The van der Waals surface area contributed by atoms with E-state index in [1.807, 2.05) is 11.9 Å². The minimum absolute atomic E-state index is 0.300. The first-order valence-corrected chi connectivity index (χ1v) is 6.66. The Kier molecular flexibility index (Phi) is 5.60. The van der Waals surface area contributed by atoms with Crippen molar-refractivity contribution in [2.24, 2.45) is 0 Å². The van der Waals surface area contributed by atoms with Crippen LogP contribution in [0.15, 0.2) is 12.3 Å². The second kappa shape index (κ2) is 6.97. The number of aromatic nitrogens is 1. The number of rotatable bonds is 6. The van der Waals surface area contributed by atoms with E-state index in [0.29, 0.717) is 29.7 Å². The van der Waals surface area contributed by atoms with Gasteiger partial charge in [0.15, 0.2) is 0 Å². The Balaban J connectivity index is 3.08. The van der Waals surface area contributed by atoms with Gasteiger partial charge in [0.2, 0.25) is 0 Å². The van der Waals surface area contributed by atoms with Gasteiger partial charge < -0.3 is 15.4 Å². The summed E-state index contributed by atoms with van der Waals surface area (Å²) in [5.41, 5.74) is 6.59. The molecule has 1 rings (SSSR count). The highest BCUT2D eigenvalue weighted by Gasteiger charge is 2.20. The Bertz CT molecular complexity index is 435. The smallest absolute Gasteiger partial charge is 0.341 e. The van der Waals surface area contributed by atoms with Gasteiger partial charge in [-0.3, -0.25) is 0 Å². The molecular weight excluding hydrogens is 242 g/mol. The van der Waals surface area contributed by atoms with Gasteiger partial charge in [-0.05, 0) is 26.3 Å². The van der Waals surface area contributed by atoms with Gasteiger partial charge in [-0.15, -0.1) is 0 Å². The lowest BCUT2D eigenvalue weighted by atomic mass is 10.1. The molecule has 0 aliphatic carbocycles. The van der Waals surface area contributed by atoms with Gasteiger partial charge in [-0.2, -0.15) is 0 Å². The van der Waals surface area contributed by atoms with Crippen LogP contribution in [0.25, 0.3) is 0 Å². The summed E-state index contributed by atoms with van der Waals surface area (Å²) in [4.78, 5) is 18.2. The minimum Gasteiger partial charge on any atom is -0.462 e. The van der Waals surface area contributed by atoms with E-state index in [0.717, 1.165) is 12.8 Å². The van der Waals surface area contributed by atoms with Gasteiger partial charge in [-0.1, -0.05) is 13.3 Å². The summed E-state index contributed by atoms with van der Waals surface area (Å²) in [6.45, 7) is 6.35.